The second-order valence-electron chi connectivity index (χ2n) is 16.2. The van der Waals surface area contributed by atoms with Crippen molar-refractivity contribution in [1.29, 1.82) is 0 Å². The van der Waals surface area contributed by atoms with E-state index in [0.29, 0.717) is 30.3 Å². The molecule has 0 aromatic heterocycles. The Morgan fingerprint density at radius 3 is 1.62 bits per heavy atom. The summed E-state index contributed by atoms with van der Waals surface area (Å²) in [6.07, 6.45) is 41.9. The Morgan fingerprint density at radius 1 is 0.655 bits per heavy atom. The van der Waals surface area contributed by atoms with Gasteiger partial charge in [0.1, 0.15) is 19.3 Å². The summed E-state index contributed by atoms with van der Waals surface area (Å²) in [6.45, 7) is 4.34. The SMILES string of the molecule is C/C=C/CC/C=C/CC/C=C/CCCC(O)C(O)C(COP(=O)(O)OCC[N+](C)(C)C)NC(=O)CCCCCCCCCCC/C=C\CCCCCCCC. The van der Waals surface area contributed by atoms with E-state index in [2.05, 4.69) is 60.8 Å². The summed E-state index contributed by atoms with van der Waals surface area (Å²) in [4.78, 5) is 23.1. The number of hydrogen-bond acceptors (Lipinski definition) is 6. The van der Waals surface area contributed by atoms with Crippen molar-refractivity contribution < 1.29 is 38.0 Å². The molecule has 0 heterocycles. The highest BCUT2D eigenvalue weighted by molar-refractivity contribution is 7.47. The van der Waals surface area contributed by atoms with Gasteiger partial charge >= 0.3 is 7.82 Å². The number of carbonyl (C=O) groups is 1. The molecule has 0 aromatic carbocycles. The van der Waals surface area contributed by atoms with Crippen molar-refractivity contribution >= 4 is 13.7 Å². The van der Waals surface area contributed by atoms with E-state index in [9.17, 15) is 24.5 Å². The summed E-state index contributed by atoms with van der Waals surface area (Å²) in [6, 6.07) is -1.06. The molecule has 4 N–H and O–H groups in total. The molecule has 0 spiro atoms. The largest absolute Gasteiger partial charge is 0.472 e. The highest BCUT2D eigenvalue weighted by Gasteiger charge is 2.31. The minimum absolute atomic E-state index is 0.0108. The van der Waals surface area contributed by atoms with Gasteiger partial charge in [0.05, 0.1) is 39.9 Å². The van der Waals surface area contributed by atoms with Gasteiger partial charge in [-0.2, -0.15) is 0 Å². The number of rotatable bonds is 39. The van der Waals surface area contributed by atoms with Crippen molar-refractivity contribution in [3.8, 4) is 0 Å². The smallest absolute Gasteiger partial charge is 0.390 e. The molecule has 0 bridgehead atoms. The van der Waals surface area contributed by atoms with E-state index in [1.54, 1.807) is 0 Å². The van der Waals surface area contributed by atoms with Crippen LogP contribution in [0.25, 0.3) is 0 Å². The molecule has 1 amide bonds. The van der Waals surface area contributed by atoms with E-state index < -0.39 is 32.7 Å². The monoisotopic (exact) mass is 798 g/mol. The molecule has 55 heavy (non-hydrogen) atoms. The van der Waals surface area contributed by atoms with Crippen LogP contribution >= 0.6 is 7.82 Å². The molecule has 0 saturated carbocycles. The Bertz CT molecular complexity index is 1060. The lowest BCUT2D eigenvalue weighted by atomic mass is 10.0. The van der Waals surface area contributed by atoms with Crippen LogP contribution in [0.5, 0.6) is 0 Å². The number of nitrogens with zero attached hydrogens (tertiary/aromatic N) is 1. The fraction of sp³-hybridized carbons (Fsp3) is 0.800. The van der Waals surface area contributed by atoms with Crippen molar-refractivity contribution in [1.82, 2.24) is 5.32 Å². The summed E-state index contributed by atoms with van der Waals surface area (Å²) >= 11 is 0. The van der Waals surface area contributed by atoms with Crippen LogP contribution in [0.15, 0.2) is 48.6 Å². The van der Waals surface area contributed by atoms with Gasteiger partial charge in [-0.25, -0.2) is 4.57 Å². The third-order valence-corrected chi connectivity index (χ3v) is 10.7. The molecule has 0 radical (unpaired) electrons. The van der Waals surface area contributed by atoms with Crippen LogP contribution in [0.3, 0.4) is 0 Å². The molecule has 0 aliphatic rings. The maximum absolute atomic E-state index is 12.9. The Morgan fingerprint density at radius 2 is 1.11 bits per heavy atom. The van der Waals surface area contributed by atoms with E-state index in [1.807, 2.05) is 28.1 Å². The zero-order valence-electron chi connectivity index (χ0n) is 36.0. The second-order valence-corrected chi connectivity index (χ2v) is 17.6. The van der Waals surface area contributed by atoms with E-state index in [1.165, 1.54) is 83.5 Å². The van der Waals surface area contributed by atoms with Crippen LogP contribution in [0, 0.1) is 0 Å². The standard InChI is InChI=1S/C45H85N2O7P/c1-6-8-10-12-14-16-18-20-21-22-23-24-25-26-28-30-32-34-36-38-44(49)46-42(41-54-55(51,52)53-40-39-47(3,4)5)45(50)43(48)37-35-33-31-29-27-19-17-15-13-11-9-7-2/h7,9,15,17,20-21,29,31,42-43,45,48,50H,6,8,10-14,16,18-19,22-28,30,32-41H2,1-5H3,(H-,46,49,51,52)/p+1/b9-7+,17-15+,21-20-,31-29+. The molecule has 10 heteroatoms. The minimum atomic E-state index is -4.43. The summed E-state index contributed by atoms with van der Waals surface area (Å²) in [5.74, 6) is -0.279. The van der Waals surface area contributed by atoms with Crippen LogP contribution in [0.1, 0.15) is 174 Å². The van der Waals surface area contributed by atoms with Gasteiger partial charge in [0.25, 0.3) is 0 Å². The summed E-state index contributed by atoms with van der Waals surface area (Å²) in [5, 5.41) is 24.6. The normalized spacial score (nSPS) is 15.4. The van der Waals surface area contributed by atoms with Gasteiger partial charge in [0.2, 0.25) is 5.91 Å². The van der Waals surface area contributed by atoms with Gasteiger partial charge in [-0.05, 0) is 84.0 Å². The lowest BCUT2D eigenvalue weighted by Crippen LogP contribution is -2.51. The Labute approximate surface area is 338 Å². The lowest BCUT2D eigenvalue weighted by molar-refractivity contribution is -0.870. The fourth-order valence-corrected chi connectivity index (χ4v) is 6.85. The molecule has 0 aromatic rings. The van der Waals surface area contributed by atoms with Crippen LogP contribution in [0.2, 0.25) is 0 Å². The number of likely N-dealkylation sites (N-methyl/N-ethyl adjacent to an activating group) is 1. The predicted molar refractivity (Wildman–Crippen MR) is 232 cm³/mol. The summed E-state index contributed by atoms with van der Waals surface area (Å²) in [7, 11) is 1.40. The molecule has 0 fully saturated rings. The zero-order valence-corrected chi connectivity index (χ0v) is 36.9. The zero-order chi connectivity index (χ0) is 40.9. The van der Waals surface area contributed by atoms with Gasteiger partial charge in [-0.1, -0.05) is 133 Å². The van der Waals surface area contributed by atoms with E-state index >= 15 is 0 Å². The van der Waals surface area contributed by atoms with Gasteiger partial charge in [0.15, 0.2) is 0 Å². The van der Waals surface area contributed by atoms with E-state index in [0.717, 1.165) is 51.4 Å². The molecular formula is C45H86N2O7P+. The molecule has 0 rings (SSSR count). The Hall–Kier alpha value is -1.58. The topological polar surface area (TPSA) is 125 Å². The maximum Gasteiger partial charge on any atom is 0.472 e. The first kappa shape index (κ1) is 53.4. The number of allylic oxidation sites excluding steroid dienone is 8. The molecule has 4 atom stereocenters. The summed E-state index contributed by atoms with van der Waals surface area (Å²) in [5.41, 5.74) is 0. The fourth-order valence-electron chi connectivity index (χ4n) is 6.12. The number of nitrogens with one attached hydrogen (secondary N) is 1. The third kappa shape index (κ3) is 37.7. The molecule has 0 aliphatic heterocycles. The first-order chi connectivity index (χ1) is 26.4. The first-order valence-corrected chi connectivity index (χ1v) is 23.5. The van der Waals surface area contributed by atoms with Gasteiger partial charge in [-0.15, -0.1) is 0 Å². The maximum atomic E-state index is 12.9. The third-order valence-electron chi connectivity index (χ3n) is 9.69. The Kier molecular flexibility index (Phi) is 35.7. The van der Waals surface area contributed by atoms with E-state index in [4.69, 9.17) is 9.05 Å². The molecular weight excluding hydrogens is 711 g/mol. The lowest BCUT2D eigenvalue weighted by Gasteiger charge is -2.28. The van der Waals surface area contributed by atoms with Gasteiger partial charge < -0.3 is 24.9 Å². The van der Waals surface area contributed by atoms with Crippen LogP contribution in [0.4, 0.5) is 0 Å². The van der Waals surface area contributed by atoms with Crippen LogP contribution < -0.4 is 5.32 Å². The van der Waals surface area contributed by atoms with Crippen LogP contribution in [-0.4, -0.2) is 84.6 Å². The van der Waals surface area contributed by atoms with Crippen molar-refractivity contribution in [3.05, 3.63) is 48.6 Å². The number of amides is 1. The number of aliphatic hydroxyl groups excluding tert-OH is 2. The van der Waals surface area contributed by atoms with Gasteiger partial charge in [0, 0.05) is 6.42 Å². The minimum Gasteiger partial charge on any atom is -0.390 e. The highest BCUT2D eigenvalue weighted by Crippen LogP contribution is 2.43. The number of quaternary nitrogens is 1. The summed E-state index contributed by atoms with van der Waals surface area (Å²) < 4.78 is 23.5. The molecule has 0 aliphatic carbocycles. The van der Waals surface area contributed by atoms with Crippen molar-refractivity contribution in [2.45, 2.75) is 193 Å². The van der Waals surface area contributed by atoms with Crippen LogP contribution in [-0.2, 0) is 18.4 Å². The molecule has 322 valence electrons. The number of aliphatic hydroxyl groups is 2. The first-order valence-electron chi connectivity index (χ1n) is 22.1. The molecule has 4 unspecified atom stereocenters. The highest BCUT2D eigenvalue weighted by atomic mass is 31.2. The second kappa shape index (κ2) is 36.7. The van der Waals surface area contributed by atoms with E-state index in [-0.39, 0.29) is 18.9 Å². The quantitative estimate of drug-likeness (QED) is 0.0211. The Balaban J connectivity index is 4.51. The molecule has 0 saturated heterocycles. The number of phosphoric ester groups is 1. The molecule has 9 nitrogen and oxygen atoms in total. The number of phosphoric acid groups is 1. The van der Waals surface area contributed by atoms with Crippen molar-refractivity contribution in [2.24, 2.45) is 0 Å². The number of hydrogen-bond donors (Lipinski definition) is 4. The van der Waals surface area contributed by atoms with Crippen molar-refractivity contribution in [3.63, 3.8) is 0 Å². The van der Waals surface area contributed by atoms with Crippen molar-refractivity contribution in [2.75, 3.05) is 40.9 Å². The number of unbranched alkanes of at least 4 members (excludes halogenated alkanes) is 18. The van der Waals surface area contributed by atoms with Gasteiger partial charge in [-0.3, -0.25) is 13.8 Å². The predicted octanol–water partition coefficient (Wildman–Crippen LogP) is 11.0. The average molecular weight is 798 g/mol. The number of carbonyl (C=O) groups excluding carboxylic acids is 1. The average Bonchev–Trinajstić information content (AvgIpc) is 3.13.